The number of ether oxygens (including phenoxy) is 2. The minimum atomic E-state index is -0.720. The fourth-order valence-corrected chi connectivity index (χ4v) is 4.73. The van der Waals surface area contributed by atoms with Crippen molar-refractivity contribution in [2.45, 2.75) is 19.3 Å². The molecule has 2 heterocycles. The number of likely N-dealkylation sites (tertiary alicyclic amines) is 1. The first-order valence-electron chi connectivity index (χ1n) is 14.0. The second-order valence-corrected chi connectivity index (χ2v) is 10.4. The first-order valence-corrected chi connectivity index (χ1v) is 14.0. The molecule has 4 rings (SSSR count). The molecule has 224 valence electrons. The average molecular weight is 587 g/mol. The normalized spacial score (nSPS) is 13.7. The summed E-state index contributed by atoms with van der Waals surface area (Å²) < 4.78 is 15.7. The number of nitrogens with zero attached hydrogens (tertiary/aromatic N) is 3. The molecule has 1 saturated heterocycles. The minimum absolute atomic E-state index is 0.0474. The van der Waals surface area contributed by atoms with Gasteiger partial charge in [-0.15, -0.1) is 0 Å². The number of nitriles is 1. The third-order valence-electron chi connectivity index (χ3n) is 7.24. The van der Waals surface area contributed by atoms with Gasteiger partial charge in [0, 0.05) is 56.8 Å². The Kier molecular flexibility index (Phi) is 10.2. The molecule has 0 atom stereocenters. The van der Waals surface area contributed by atoms with Gasteiger partial charge in [0.1, 0.15) is 28.5 Å². The van der Waals surface area contributed by atoms with Crippen LogP contribution in [-0.2, 0) is 14.3 Å². The number of esters is 1. The van der Waals surface area contributed by atoms with Gasteiger partial charge in [-0.3, -0.25) is 9.59 Å². The predicted octanol–water partition coefficient (Wildman–Crippen LogP) is 3.38. The minimum Gasteiger partial charge on any atom is -0.497 e. The zero-order chi connectivity index (χ0) is 30.9. The molecular weight excluding hydrogens is 552 g/mol. The number of hydrogen-bond donors (Lipinski definition) is 1. The molecule has 0 spiro atoms. The van der Waals surface area contributed by atoms with E-state index in [0.29, 0.717) is 61.2 Å². The highest BCUT2D eigenvalue weighted by atomic mass is 16.5. The smallest absolute Gasteiger partial charge is 0.349 e. The number of carbonyl (C=O) groups excluding carboxylic acids is 3. The van der Waals surface area contributed by atoms with E-state index in [1.165, 1.54) is 19.3 Å². The van der Waals surface area contributed by atoms with E-state index in [9.17, 15) is 24.4 Å². The Hall–Kier alpha value is -5.11. The molecule has 1 N–H and O–H groups in total. The van der Waals surface area contributed by atoms with E-state index in [0.717, 1.165) is 5.69 Å². The summed E-state index contributed by atoms with van der Waals surface area (Å²) in [5.41, 5.74) is 1.16. The van der Waals surface area contributed by atoms with Gasteiger partial charge >= 0.3 is 11.6 Å². The molecule has 3 aromatic rings. The number of nitrogens with one attached hydrogen (secondary N) is 1. The second kappa shape index (κ2) is 14.2. The van der Waals surface area contributed by atoms with Gasteiger partial charge in [0.2, 0.25) is 5.91 Å². The number of amides is 2. The molecule has 1 fully saturated rings. The van der Waals surface area contributed by atoms with Gasteiger partial charge in [-0.25, -0.2) is 9.59 Å². The highest BCUT2D eigenvalue weighted by Crippen LogP contribution is 2.23. The van der Waals surface area contributed by atoms with Gasteiger partial charge in [-0.1, -0.05) is 12.1 Å². The number of fused-ring (bicyclic) bond motifs is 1. The zero-order valence-electron chi connectivity index (χ0n) is 24.4. The van der Waals surface area contributed by atoms with E-state index in [2.05, 4.69) is 5.32 Å². The molecule has 11 nitrogen and oxygen atoms in total. The summed E-state index contributed by atoms with van der Waals surface area (Å²) in [5.74, 6) is -1.03. The largest absolute Gasteiger partial charge is 0.497 e. The average Bonchev–Trinajstić information content (AvgIpc) is 3.02. The number of anilines is 1. The number of benzene rings is 2. The van der Waals surface area contributed by atoms with Crippen LogP contribution in [0.2, 0.25) is 0 Å². The van der Waals surface area contributed by atoms with Crippen LogP contribution >= 0.6 is 0 Å². The van der Waals surface area contributed by atoms with Crippen LogP contribution in [-0.4, -0.2) is 70.1 Å². The molecule has 43 heavy (non-hydrogen) atoms. The van der Waals surface area contributed by atoms with Crippen molar-refractivity contribution in [3.05, 3.63) is 75.7 Å². The van der Waals surface area contributed by atoms with Crippen molar-refractivity contribution in [2.24, 2.45) is 5.92 Å². The van der Waals surface area contributed by atoms with Crippen LogP contribution in [0.4, 0.5) is 5.69 Å². The Morgan fingerprint density at radius 3 is 2.49 bits per heavy atom. The van der Waals surface area contributed by atoms with Gasteiger partial charge in [-0.2, -0.15) is 5.26 Å². The summed E-state index contributed by atoms with van der Waals surface area (Å²) in [5, 5.41) is 12.8. The van der Waals surface area contributed by atoms with Crippen molar-refractivity contribution in [1.82, 2.24) is 10.2 Å². The monoisotopic (exact) mass is 586 g/mol. The fraction of sp³-hybridized carbons (Fsp3) is 0.344. The summed E-state index contributed by atoms with van der Waals surface area (Å²) in [4.78, 5) is 54.0. The standard InChI is InChI=1S/C32H34N4O7/c1-35(2)25-8-5-21(6-9-25)17-24(20-33)31(39)42-16-4-13-34-29(37)22-11-14-36(15-12-22)30(38)27-18-23-7-10-26(41-3)19-28(23)43-32(27)40/h5-10,17-19,22H,4,11-16H2,1-3H3,(H,34,37)/b24-17-. The van der Waals surface area contributed by atoms with Crippen LogP contribution < -0.4 is 20.6 Å². The van der Waals surface area contributed by atoms with Crippen LogP contribution in [0, 0.1) is 17.2 Å². The summed E-state index contributed by atoms with van der Waals surface area (Å²) in [6.07, 6.45) is 2.77. The number of methoxy groups -OCH3 is 1. The highest BCUT2D eigenvalue weighted by molar-refractivity contribution is 5.98. The third kappa shape index (κ3) is 7.80. The first kappa shape index (κ1) is 30.8. The van der Waals surface area contributed by atoms with Gasteiger partial charge < -0.3 is 29.0 Å². The Morgan fingerprint density at radius 2 is 1.84 bits per heavy atom. The molecule has 0 aliphatic carbocycles. The van der Waals surface area contributed by atoms with E-state index in [4.69, 9.17) is 13.9 Å². The van der Waals surface area contributed by atoms with Gasteiger partial charge in [-0.05, 0) is 61.2 Å². The number of hydrogen-bond acceptors (Lipinski definition) is 9. The molecule has 0 saturated carbocycles. The van der Waals surface area contributed by atoms with Crippen molar-refractivity contribution >= 4 is 40.5 Å². The van der Waals surface area contributed by atoms with Crippen LogP contribution in [0.3, 0.4) is 0 Å². The van der Waals surface area contributed by atoms with Crippen molar-refractivity contribution in [2.75, 3.05) is 52.3 Å². The molecule has 0 bridgehead atoms. The molecule has 1 aliphatic heterocycles. The lowest BCUT2D eigenvalue weighted by atomic mass is 9.95. The summed E-state index contributed by atoms with van der Waals surface area (Å²) >= 11 is 0. The van der Waals surface area contributed by atoms with E-state index in [1.54, 1.807) is 23.1 Å². The van der Waals surface area contributed by atoms with Crippen molar-refractivity contribution in [3.63, 3.8) is 0 Å². The fourth-order valence-electron chi connectivity index (χ4n) is 4.73. The van der Waals surface area contributed by atoms with Crippen molar-refractivity contribution < 1.29 is 28.3 Å². The van der Waals surface area contributed by atoms with E-state index < -0.39 is 17.5 Å². The van der Waals surface area contributed by atoms with E-state index in [1.807, 2.05) is 49.3 Å². The summed E-state index contributed by atoms with van der Waals surface area (Å²) in [7, 11) is 5.35. The number of carbonyl (C=O) groups is 3. The Labute approximate surface area is 249 Å². The van der Waals surface area contributed by atoms with Gasteiger partial charge in [0.25, 0.3) is 5.91 Å². The first-order chi connectivity index (χ1) is 20.7. The molecule has 2 aromatic carbocycles. The molecule has 11 heteroatoms. The third-order valence-corrected chi connectivity index (χ3v) is 7.24. The van der Waals surface area contributed by atoms with Crippen LogP contribution in [0.1, 0.15) is 35.2 Å². The Morgan fingerprint density at radius 1 is 1.12 bits per heavy atom. The molecule has 0 unspecified atom stereocenters. The maximum absolute atomic E-state index is 13.0. The van der Waals surface area contributed by atoms with E-state index in [-0.39, 0.29) is 29.6 Å². The molecular formula is C32H34N4O7. The highest BCUT2D eigenvalue weighted by Gasteiger charge is 2.29. The van der Waals surface area contributed by atoms with Crippen molar-refractivity contribution in [1.29, 1.82) is 5.26 Å². The predicted molar refractivity (Wildman–Crippen MR) is 161 cm³/mol. The number of rotatable bonds is 10. The second-order valence-electron chi connectivity index (χ2n) is 10.4. The van der Waals surface area contributed by atoms with E-state index >= 15 is 0 Å². The quantitative estimate of drug-likeness (QED) is 0.124. The van der Waals surface area contributed by atoms with Crippen LogP contribution in [0.5, 0.6) is 5.75 Å². The number of piperidine rings is 1. The summed E-state index contributed by atoms with van der Waals surface area (Å²) in [6, 6.07) is 15.8. The zero-order valence-corrected chi connectivity index (χ0v) is 24.4. The summed E-state index contributed by atoms with van der Waals surface area (Å²) in [6.45, 7) is 1.00. The Bertz CT molecular complexity index is 1610. The topological polar surface area (TPSA) is 142 Å². The lowest BCUT2D eigenvalue weighted by Crippen LogP contribution is -2.44. The Balaban J connectivity index is 1.19. The van der Waals surface area contributed by atoms with Gasteiger partial charge in [0.05, 0.1) is 13.7 Å². The molecule has 0 radical (unpaired) electrons. The SMILES string of the molecule is COc1ccc2cc(C(=O)N3CCC(C(=O)NCCCOC(=O)/C(C#N)=C\c4ccc(N(C)C)cc4)CC3)c(=O)oc2c1. The van der Waals surface area contributed by atoms with Crippen LogP contribution in [0.25, 0.3) is 17.0 Å². The molecule has 1 aliphatic rings. The van der Waals surface area contributed by atoms with Crippen LogP contribution in [0.15, 0.2) is 63.3 Å². The van der Waals surface area contributed by atoms with Gasteiger partial charge in [0.15, 0.2) is 0 Å². The maximum atomic E-state index is 13.0. The lowest BCUT2D eigenvalue weighted by molar-refractivity contribution is -0.138. The maximum Gasteiger partial charge on any atom is 0.349 e. The molecule has 1 aromatic heterocycles. The van der Waals surface area contributed by atoms with Crippen molar-refractivity contribution in [3.8, 4) is 11.8 Å². The lowest BCUT2D eigenvalue weighted by Gasteiger charge is -2.31. The molecule has 2 amide bonds.